The van der Waals surface area contributed by atoms with Crippen molar-refractivity contribution in [3.05, 3.63) is 59.7 Å². The Hall–Kier alpha value is -2.75. The van der Waals surface area contributed by atoms with Crippen molar-refractivity contribution >= 4 is 27.5 Å². The molecule has 0 bridgehead atoms. The van der Waals surface area contributed by atoms with Gasteiger partial charge in [0.05, 0.1) is 4.90 Å². The highest BCUT2D eigenvalue weighted by Crippen LogP contribution is 2.25. The van der Waals surface area contributed by atoms with Crippen LogP contribution in [0.15, 0.2) is 53.4 Å². The molecule has 0 aromatic heterocycles. The normalized spacial score (nSPS) is 18.0. The quantitative estimate of drug-likeness (QED) is 0.612. The van der Waals surface area contributed by atoms with E-state index in [9.17, 15) is 18.0 Å². The van der Waals surface area contributed by atoms with Crippen LogP contribution in [-0.4, -0.2) is 62.3 Å². The second-order valence-electron chi connectivity index (χ2n) is 9.65. The number of amides is 2. The van der Waals surface area contributed by atoms with E-state index in [-0.39, 0.29) is 22.6 Å². The maximum Gasteiger partial charge on any atom is 0.241 e. The number of aryl methyl sites for hydroxylation is 1. The van der Waals surface area contributed by atoms with Gasteiger partial charge >= 0.3 is 0 Å². The molecule has 8 nitrogen and oxygen atoms in total. The van der Waals surface area contributed by atoms with E-state index in [0.717, 1.165) is 25.2 Å². The van der Waals surface area contributed by atoms with E-state index >= 15 is 0 Å². The zero-order chi connectivity index (χ0) is 25.0. The average Bonchev–Trinajstić information content (AvgIpc) is 3.03. The van der Waals surface area contributed by atoms with E-state index in [2.05, 4.69) is 27.1 Å². The van der Waals surface area contributed by atoms with Crippen LogP contribution in [0.25, 0.3) is 0 Å². The maximum absolute atomic E-state index is 13.4. The Kier molecular flexibility index (Phi) is 7.88. The van der Waals surface area contributed by atoms with Crippen LogP contribution in [-0.2, 0) is 32.6 Å². The smallest absolute Gasteiger partial charge is 0.241 e. The summed E-state index contributed by atoms with van der Waals surface area (Å²) >= 11 is 0. The van der Waals surface area contributed by atoms with Gasteiger partial charge in [-0.3, -0.25) is 14.5 Å². The lowest BCUT2D eigenvalue weighted by molar-refractivity contribution is -0.135. The van der Waals surface area contributed by atoms with E-state index in [4.69, 9.17) is 0 Å². The van der Waals surface area contributed by atoms with Crippen molar-refractivity contribution in [1.82, 2.24) is 14.5 Å². The molecule has 0 radical (unpaired) electrons. The third kappa shape index (κ3) is 6.28. The van der Waals surface area contributed by atoms with E-state index in [1.54, 1.807) is 17.0 Å². The number of hydrogen-bond acceptors (Lipinski definition) is 5. The van der Waals surface area contributed by atoms with Crippen molar-refractivity contribution in [3.8, 4) is 0 Å². The van der Waals surface area contributed by atoms with Crippen molar-refractivity contribution in [2.45, 2.75) is 50.6 Å². The Balaban J connectivity index is 1.42. The molecule has 1 fully saturated rings. The predicted octanol–water partition coefficient (Wildman–Crippen LogP) is 2.61. The summed E-state index contributed by atoms with van der Waals surface area (Å²) in [6, 6.07) is 14.1. The highest BCUT2D eigenvalue weighted by Gasteiger charge is 2.33. The van der Waals surface area contributed by atoms with Crippen molar-refractivity contribution in [2.75, 3.05) is 31.5 Å². The number of anilines is 1. The van der Waals surface area contributed by atoms with E-state index in [0.29, 0.717) is 38.0 Å². The monoisotopic (exact) mass is 498 g/mol. The third-order valence-electron chi connectivity index (χ3n) is 6.66. The third-order valence-corrected chi connectivity index (χ3v) is 8.10. The molecule has 2 aromatic carbocycles. The molecule has 0 aliphatic carbocycles. The summed E-state index contributed by atoms with van der Waals surface area (Å²) in [6.45, 7) is 7.16. The first-order valence-corrected chi connectivity index (χ1v) is 13.7. The molecule has 2 heterocycles. The molecule has 2 N–H and O–H groups in total. The zero-order valence-electron chi connectivity index (χ0n) is 20.4. The molecule has 4 rings (SSSR count). The topological polar surface area (TPSA) is 98.8 Å². The van der Waals surface area contributed by atoms with Gasteiger partial charge in [0.2, 0.25) is 21.8 Å². The van der Waals surface area contributed by atoms with Gasteiger partial charge in [0.1, 0.15) is 6.04 Å². The van der Waals surface area contributed by atoms with E-state index < -0.39 is 16.1 Å². The number of carbonyl (C=O) groups excluding carboxylic acids is 2. The summed E-state index contributed by atoms with van der Waals surface area (Å²) in [5.74, 6) is -0.462. The lowest BCUT2D eigenvalue weighted by Gasteiger charge is -2.37. The van der Waals surface area contributed by atoms with Crippen molar-refractivity contribution in [3.63, 3.8) is 0 Å². The van der Waals surface area contributed by atoms with Gasteiger partial charge in [-0.1, -0.05) is 44.2 Å². The summed E-state index contributed by atoms with van der Waals surface area (Å²) in [7, 11) is -3.92. The van der Waals surface area contributed by atoms with Crippen molar-refractivity contribution in [1.29, 1.82) is 0 Å². The number of hydrogen-bond donors (Lipinski definition) is 2. The predicted molar refractivity (Wildman–Crippen MR) is 135 cm³/mol. The molecule has 0 spiro atoms. The van der Waals surface area contributed by atoms with E-state index in [1.807, 2.05) is 32.0 Å². The van der Waals surface area contributed by atoms with E-state index in [1.165, 1.54) is 11.6 Å². The Morgan fingerprint density at radius 2 is 1.74 bits per heavy atom. The van der Waals surface area contributed by atoms with Crippen LogP contribution >= 0.6 is 0 Å². The van der Waals surface area contributed by atoms with Crippen LogP contribution in [0.4, 0.5) is 5.69 Å². The molecule has 2 aliphatic rings. The van der Waals surface area contributed by atoms with Gasteiger partial charge in [-0.05, 0) is 48.1 Å². The average molecular weight is 499 g/mol. The first-order chi connectivity index (χ1) is 16.7. The Labute approximate surface area is 207 Å². The number of nitrogens with one attached hydrogen (secondary N) is 2. The number of sulfonamides is 1. The van der Waals surface area contributed by atoms with Gasteiger partial charge in [-0.15, -0.1) is 0 Å². The van der Waals surface area contributed by atoms with Crippen LogP contribution in [0.1, 0.15) is 37.8 Å². The first kappa shape index (κ1) is 25.3. The standard InChI is InChI=1S/C26H34N4O4S/c1-19(2)25(26(32)30-15-13-29(14-16-30)18-20-7-4-3-5-8-20)28-35(33,34)22-11-12-23-21(17-22)9-6-10-24(31)27-23/h3-5,7-8,11-12,17,19,25,28H,6,9-10,13-16,18H2,1-2H3,(H,27,31)/t25-/m0/s1. The summed E-state index contributed by atoms with van der Waals surface area (Å²) in [4.78, 5) is 29.3. The molecule has 0 unspecified atom stereocenters. The van der Waals surface area contributed by atoms with Gasteiger partial charge in [-0.25, -0.2) is 8.42 Å². The van der Waals surface area contributed by atoms with Gasteiger partial charge < -0.3 is 10.2 Å². The fourth-order valence-corrected chi connectivity index (χ4v) is 5.98. The van der Waals surface area contributed by atoms with Crippen LogP contribution in [0.5, 0.6) is 0 Å². The molecule has 2 aromatic rings. The molecule has 1 atom stereocenters. The number of piperazine rings is 1. The Morgan fingerprint density at radius 3 is 2.43 bits per heavy atom. The van der Waals surface area contributed by atoms with Gasteiger partial charge in [0.15, 0.2) is 0 Å². The second-order valence-corrected chi connectivity index (χ2v) is 11.4. The van der Waals surface area contributed by atoms with Crippen LogP contribution in [0.2, 0.25) is 0 Å². The minimum atomic E-state index is -3.92. The molecule has 2 amide bonds. The highest BCUT2D eigenvalue weighted by molar-refractivity contribution is 7.89. The molecular formula is C26H34N4O4S. The number of fused-ring (bicyclic) bond motifs is 1. The second kappa shape index (κ2) is 10.9. The molecular weight excluding hydrogens is 464 g/mol. The molecule has 1 saturated heterocycles. The fourth-order valence-electron chi connectivity index (χ4n) is 4.59. The molecule has 9 heteroatoms. The summed E-state index contributed by atoms with van der Waals surface area (Å²) in [6.07, 6.45) is 1.70. The van der Waals surface area contributed by atoms with Crippen molar-refractivity contribution < 1.29 is 18.0 Å². The lowest BCUT2D eigenvalue weighted by atomic mass is 10.0. The van der Waals surface area contributed by atoms with Crippen LogP contribution in [0.3, 0.4) is 0 Å². The summed E-state index contributed by atoms with van der Waals surface area (Å²) < 4.78 is 29.2. The largest absolute Gasteiger partial charge is 0.339 e. The Morgan fingerprint density at radius 1 is 1.03 bits per heavy atom. The fraction of sp³-hybridized carbons (Fsp3) is 0.462. The molecule has 188 valence electrons. The molecule has 0 saturated carbocycles. The minimum absolute atomic E-state index is 0.0631. The van der Waals surface area contributed by atoms with Crippen LogP contribution < -0.4 is 10.0 Å². The molecule has 2 aliphatic heterocycles. The zero-order valence-corrected chi connectivity index (χ0v) is 21.2. The first-order valence-electron chi connectivity index (χ1n) is 12.2. The SMILES string of the molecule is CC(C)[C@H](NS(=O)(=O)c1ccc2c(c1)CCCC(=O)N2)C(=O)N1CCN(Cc2ccccc2)CC1. The maximum atomic E-state index is 13.4. The molecule has 35 heavy (non-hydrogen) atoms. The highest BCUT2D eigenvalue weighted by atomic mass is 32.2. The number of rotatable bonds is 7. The van der Waals surface area contributed by atoms with Crippen molar-refractivity contribution in [2.24, 2.45) is 5.92 Å². The summed E-state index contributed by atoms with van der Waals surface area (Å²) in [5.41, 5.74) is 2.68. The number of nitrogens with zero attached hydrogens (tertiary/aromatic N) is 2. The summed E-state index contributed by atoms with van der Waals surface area (Å²) in [5, 5.41) is 2.82. The Bertz CT molecular complexity index is 1160. The lowest BCUT2D eigenvalue weighted by Crippen LogP contribution is -2.56. The van der Waals surface area contributed by atoms with Gasteiger partial charge in [0.25, 0.3) is 0 Å². The minimum Gasteiger partial charge on any atom is -0.339 e. The van der Waals surface area contributed by atoms with Crippen LogP contribution in [0, 0.1) is 5.92 Å². The number of carbonyl (C=O) groups is 2. The van der Waals surface area contributed by atoms with Gasteiger partial charge in [0, 0.05) is 44.8 Å². The van der Waals surface area contributed by atoms with Gasteiger partial charge in [-0.2, -0.15) is 4.72 Å². The number of benzene rings is 2.